The van der Waals surface area contributed by atoms with E-state index in [1.165, 1.54) is 84.4 Å². The number of aryl methyl sites for hydroxylation is 2. The fraction of sp³-hybridized carbons (Fsp3) is 0.267. The molecule has 4 aromatic carbocycles. The maximum Gasteiger partial charge on any atom is -0.0178 e. The van der Waals surface area contributed by atoms with Crippen LogP contribution in [-0.4, -0.2) is 0 Å². The van der Waals surface area contributed by atoms with Gasteiger partial charge < -0.3 is 0 Å². The molecule has 0 atom stereocenters. The minimum atomic E-state index is 1.19. The van der Waals surface area contributed by atoms with Gasteiger partial charge in [0.15, 0.2) is 0 Å². The average Bonchev–Trinajstić information content (AvgIpc) is 2.81. The Hall–Kier alpha value is -2.86. The van der Waals surface area contributed by atoms with Crippen molar-refractivity contribution in [2.45, 2.75) is 51.4 Å². The molecule has 0 nitrogen and oxygen atoms in total. The summed E-state index contributed by atoms with van der Waals surface area (Å²) in [5.41, 5.74) is 5.58. The van der Waals surface area contributed by atoms with E-state index in [9.17, 15) is 0 Å². The van der Waals surface area contributed by atoms with Crippen LogP contribution in [0, 0.1) is 0 Å². The molecule has 0 saturated carbocycles. The van der Waals surface area contributed by atoms with E-state index in [2.05, 4.69) is 97.1 Å². The van der Waals surface area contributed by atoms with Crippen LogP contribution in [0.5, 0.6) is 0 Å². The Morgan fingerprint density at radius 1 is 0.367 bits per heavy atom. The number of unbranched alkanes of at least 4 members (excludes halogenated alkanes) is 5. The SMILES string of the molecule is c1ccc(CCCCCCCCc2cccc(-c3ccc4ccccc4c3)c2)cc1. The second-order valence-corrected chi connectivity index (χ2v) is 8.37. The predicted octanol–water partition coefficient (Wildman–Crippen LogP) is 8.63. The Labute approximate surface area is 181 Å². The lowest BCUT2D eigenvalue weighted by Gasteiger charge is -2.08. The van der Waals surface area contributed by atoms with Gasteiger partial charge in [-0.05, 0) is 64.8 Å². The second kappa shape index (κ2) is 10.8. The summed E-state index contributed by atoms with van der Waals surface area (Å²) < 4.78 is 0. The van der Waals surface area contributed by atoms with Gasteiger partial charge >= 0.3 is 0 Å². The summed E-state index contributed by atoms with van der Waals surface area (Å²) in [5, 5.41) is 2.62. The third kappa shape index (κ3) is 5.83. The number of fused-ring (bicyclic) bond motifs is 1. The Balaban J connectivity index is 1.20. The molecule has 0 bridgehead atoms. The summed E-state index contributed by atoms with van der Waals surface area (Å²) >= 11 is 0. The smallest absolute Gasteiger partial charge is 0.0178 e. The van der Waals surface area contributed by atoms with E-state index < -0.39 is 0 Å². The summed E-state index contributed by atoms with van der Waals surface area (Å²) in [6.45, 7) is 0. The molecule has 30 heavy (non-hydrogen) atoms. The van der Waals surface area contributed by atoms with Crippen LogP contribution in [0.2, 0.25) is 0 Å². The van der Waals surface area contributed by atoms with E-state index in [0.29, 0.717) is 0 Å². The first-order chi connectivity index (χ1) is 14.9. The molecular weight excluding hydrogens is 360 g/mol. The second-order valence-electron chi connectivity index (χ2n) is 8.37. The average molecular weight is 393 g/mol. The van der Waals surface area contributed by atoms with Gasteiger partial charge in [-0.15, -0.1) is 0 Å². The molecule has 0 heteroatoms. The van der Waals surface area contributed by atoms with Crippen molar-refractivity contribution in [1.29, 1.82) is 0 Å². The summed E-state index contributed by atoms with van der Waals surface area (Å²) in [7, 11) is 0. The van der Waals surface area contributed by atoms with Gasteiger partial charge in [-0.25, -0.2) is 0 Å². The molecule has 0 aliphatic carbocycles. The van der Waals surface area contributed by atoms with E-state index in [1.807, 2.05) is 0 Å². The first kappa shape index (κ1) is 20.4. The zero-order chi connectivity index (χ0) is 20.4. The molecule has 0 fully saturated rings. The van der Waals surface area contributed by atoms with Crippen molar-refractivity contribution < 1.29 is 0 Å². The van der Waals surface area contributed by atoms with Crippen molar-refractivity contribution in [3.63, 3.8) is 0 Å². The maximum absolute atomic E-state index is 2.38. The monoisotopic (exact) mass is 392 g/mol. The highest BCUT2D eigenvalue weighted by atomic mass is 14.1. The van der Waals surface area contributed by atoms with Crippen molar-refractivity contribution in [3.05, 3.63) is 108 Å². The number of rotatable bonds is 10. The first-order valence-electron chi connectivity index (χ1n) is 11.5. The molecule has 152 valence electrons. The molecule has 0 aromatic heterocycles. The zero-order valence-electron chi connectivity index (χ0n) is 17.9. The molecule has 4 aromatic rings. The Morgan fingerprint density at radius 3 is 1.77 bits per heavy atom. The van der Waals surface area contributed by atoms with Gasteiger partial charge in [0, 0.05) is 0 Å². The van der Waals surface area contributed by atoms with Crippen molar-refractivity contribution in [2.75, 3.05) is 0 Å². The standard InChI is InChI=1S/C30H32/c1(3-6-13-25-14-8-5-9-15-25)2-4-7-16-26-17-12-20-28(23-26)30-22-21-27-18-10-11-19-29(27)24-30/h5,8-12,14-15,17-24H,1-4,6-7,13,16H2. The Morgan fingerprint density at radius 2 is 0.967 bits per heavy atom. The third-order valence-electron chi connectivity index (χ3n) is 6.03. The van der Waals surface area contributed by atoms with Crippen LogP contribution in [-0.2, 0) is 12.8 Å². The van der Waals surface area contributed by atoms with E-state index in [1.54, 1.807) is 0 Å². The van der Waals surface area contributed by atoms with Crippen molar-refractivity contribution >= 4 is 10.8 Å². The number of benzene rings is 4. The van der Waals surface area contributed by atoms with Crippen molar-refractivity contribution in [2.24, 2.45) is 0 Å². The van der Waals surface area contributed by atoms with E-state index >= 15 is 0 Å². The predicted molar refractivity (Wildman–Crippen MR) is 131 cm³/mol. The minimum absolute atomic E-state index is 1.19. The molecule has 0 N–H and O–H groups in total. The number of hydrogen-bond acceptors (Lipinski definition) is 0. The minimum Gasteiger partial charge on any atom is -0.0622 e. The quantitative estimate of drug-likeness (QED) is 0.237. The van der Waals surface area contributed by atoms with Crippen LogP contribution in [0.4, 0.5) is 0 Å². The summed E-state index contributed by atoms with van der Waals surface area (Å²) in [6.07, 6.45) is 10.4. The third-order valence-corrected chi connectivity index (χ3v) is 6.03. The maximum atomic E-state index is 2.38. The van der Waals surface area contributed by atoms with Crippen LogP contribution in [0.25, 0.3) is 21.9 Å². The molecule has 0 amide bonds. The summed E-state index contributed by atoms with van der Waals surface area (Å²) in [6, 6.07) is 35.4. The molecule has 0 unspecified atom stereocenters. The summed E-state index contributed by atoms with van der Waals surface area (Å²) in [4.78, 5) is 0. The van der Waals surface area contributed by atoms with E-state index in [4.69, 9.17) is 0 Å². The normalized spacial score (nSPS) is 11.1. The van der Waals surface area contributed by atoms with Crippen LogP contribution in [0.1, 0.15) is 49.7 Å². The molecule has 4 rings (SSSR count). The lowest BCUT2D eigenvalue weighted by Crippen LogP contribution is -1.89. The first-order valence-corrected chi connectivity index (χ1v) is 11.5. The highest BCUT2D eigenvalue weighted by molar-refractivity contribution is 5.87. The fourth-order valence-corrected chi connectivity index (χ4v) is 4.29. The van der Waals surface area contributed by atoms with Crippen LogP contribution in [0.15, 0.2) is 97.1 Å². The largest absolute Gasteiger partial charge is 0.0622 e. The Bertz CT molecular complexity index is 1050. The molecule has 0 radical (unpaired) electrons. The molecule has 0 saturated heterocycles. The topological polar surface area (TPSA) is 0 Å². The highest BCUT2D eigenvalue weighted by Crippen LogP contribution is 2.25. The van der Waals surface area contributed by atoms with Gasteiger partial charge in [-0.2, -0.15) is 0 Å². The molecule has 0 aliphatic rings. The van der Waals surface area contributed by atoms with Crippen LogP contribution >= 0.6 is 0 Å². The van der Waals surface area contributed by atoms with Gasteiger partial charge in [-0.3, -0.25) is 0 Å². The lowest BCUT2D eigenvalue weighted by atomic mass is 9.97. The van der Waals surface area contributed by atoms with Gasteiger partial charge in [0.05, 0.1) is 0 Å². The van der Waals surface area contributed by atoms with E-state index in [-0.39, 0.29) is 0 Å². The number of hydrogen-bond donors (Lipinski definition) is 0. The van der Waals surface area contributed by atoms with Crippen molar-refractivity contribution in [1.82, 2.24) is 0 Å². The summed E-state index contributed by atoms with van der Waals surface area (Å²) in [5.74, 6) is 0. The molecule has 0 heterocycles. The zero-order valence-corrected chi connectivity index (χ0v) is 17.9. The molecular formula is C30H32. The molecule has 0 spiro atoms. The fourth-order valence-electron chi connectivity index (χ4n) is 4.29. The van der Waals surface area contributed by atoms with Gasteiger partial charge in [-0.1, -0.05) is 117 Å². The van der Waals surface area contributed by atoms with Crippen LogP contribution in [0.3, 0.4) is 0 Å². The van der Waals surface area contributed by atoms with Gasteiger partial charge in [0.2, 0.25) is 0 Å². The molecule has 0 aliphatic heterocycles. The van der Waals surface area contributed by atoms with Crippen LogP contribution < -0.4 is 0 Å². The van der Waals surface area contributed by atoms with Crippen molar-refractivity contribution in [3.8, 4) is 11.1 Å². The lowest BCUT2D eigenvalue weighted by molar-refractivity contribution is 0.594. The van der Waals surface area contributed by atoms with E-state index in [0.717, 1.165) is 0 Å². The highest BCUT2D eigenvalue weighted by Gasteiger charge is 2.02. The Kier molecular flexibility index (Phi) is 7.34. The van der Waals surface area contributed by atoms with Gasteiger partial charge in [0.25, 0.3) is 0 Å². The van der Waals surface area contributed by atoms with Gasteiger partial charge in [0.1, 0.15) is 0 Å².